The van der Waals surface area contributed by atoms with E-state index in [9.17, 15) is 4.79 Å². The lowest BCUT2D eigenvalue weighted by Crippen LogP contribution is -2.28. The molecule has 1 fully saturated rings. The van der Waals surface area contributed by atoms with Gasteiger partial charge in [-0.1, -0.05) is 32.1 Å². The van der Waals surface area contributed by atoms with Gasteiger partial charge in [0.1, 0.15) is 6.42 Å². The van der Waals surface area contributed by atoms with Crippen LogP contribution in [0.1, 0.15) is 44.9 Å². The van der Waals surface area contributed by atoms with Gasteiger partial charge in [0.2, 0.25) is 5.91 Å². The number of rotatable bonds is 4. The topological polar surface area (TPSA) is 44.1 Å². The number of carbonyl (C=O) groups excluding carboxylic acids is 1. The third-order valence-corrected chi connectivity index (χ3v) is 3.25. The third kappa shape index (κ3) is 4.33. The zero-order valence-electron chi connectivity index (χ0n) is 9.54. The third-order valence-electron chi connectivity index (χ3n) is 3.25. The van der Waals surface area contributed by atoms with Gasteiger partial charge >= 0.3 is 0 Å². The first-order valence-electron chi connectivity index (χ1n) is 5.85. The summed E-state index contributed by atoms with van der Waals surface area (Å²) in [5.41, 5.74) is 0. The minimum absolute atomic E-state index is 0.0150. The van der Waals surface area contributed by atoms with E-state index in [2.05, 4.69) is 0 Å². The van der Waals surface area contributed by atoms with Crippen molar-refractivity contribution in [2.75, 3.05) is 13.6 Å². The first kappa shape index (κ1) is 12.0. The van der Waals surface area contributed by atoms with Crippen molar-refractivity contribution in [3.8, 4) is 6.07 Å². The van der Waals surface area contributed by atoms with Gasteiger partial charge in [0.05, 0.1) is 6.07 Å². The van der Waals surface area contributed by atoms with Crippen molar-refractivity contribution < 1.29 is 4.79 Å². The number of hydrogen-bond donors (Lipinski definition) is 0. The molecule has 0 radical (unpaired) electrons. The molecule has 0 spiro atoms. The highest BCUT2D eigenvalue weighted by Crippen LogP contribution is 2.26. The quantitative estimate of drug-likeness (QED) is 0.711. The van der Waals surface area contributed by atoms with E-state index >= 15 is 0 Å². The highest BCUT2D eigenvalue weighted by molar-refractivity contribution is 5.77. The molecule has 1 rings (SSSR count). The number of nitriles is 1. The fraction of sp³-hybridized carbons (Fsp3) is 0.833. The van der Waals surface area contributed by atoms with Crippen LogP contribution in [0.15, 0.2) is 0 Å². The molecule has 1 aliphatic rings. The molecule has 3 heteroatoms. The van der Waals surface area contributed by atoms with Gasteiger partial charge in [-0.05, 0) is 12.3 Å². The first-order chi connectivity index (χ1) is 7.24. The lowest BCUT2D eigenvalue weighted by Gasteiger charge is -2.24. The summed E-state index contributed by atoms with van der Waals surface area (Å²) in [5, 5.41) is 8.40. The van der Waals surface area contributed by atoms with Crippen molar-refractivity contribution in [1.29, 1.82) is 5.26 Å². The molecule has 0 unspecified atom stereocenters. The normalized spacial score (nSPS) is 17.1. The molecule has 1 saturated carbocycles. The van der Waals surface area contributed by atoms with Crippen LogP contribution in [0, 0.1) is 17.2 Å². The molecule has 3 nitrogen and oxygen atoms in total. The Morgan fingerprint density at radius 1 is 1.40 bits per heavy atom. The van der Waals surface area contributed by atoms with Crippen molar-refractivity contribution in [3.05, 3.63) is 0 Å². The Hall–Kier alpha value is -1.04. The molecule has 0 aromatic carbocycles. The molecule has 0 atom stereocenters. The van der Waals surface area contributed by atoms with Crippen LogP contribution in [0.5, 0.6) is 0 Å². The second-order valence-electron chi connectivity index (χ2n) is 4.44. The van der Waals surface area contributed by atoms with Gasteiger partial charge in [-0.25, -0.2) is 0 Å². The van der Waals surface area contributed by atoms with Crippen molar-refractivity contribution in [2.45, 2.75) is 44.9 Å². The number of hydrogen-bond acceptors (Lipinski definition) is 2. The maximum Gasteiger partial charge on any atom is 0.236 e. The second kappa shape index (κ2) is 6.44. The molecule has 1 aliphatic carbocycles. The van der Waals surface area contributed by atoms with E-state index in [1.165, 1.54) is 32.1 Å². The summed E-state index contributed by atoms with van der Waals surface area (Å²) in [5.74, 6) is 0.754. The van der Waals surface area contributed by atoms with Crippen LogP contribution in [0.25, 0.3) is 0 Å². The predicted octanol–water partition coefficient (Wildman–Crippen LogP) is 2.33. The Labute approximate surface area is 92.1 Å². The van der Waals surface area contributed by atoms with Crippen molar-refractivity contribution in [1.82, 2.24) is 4.90 Å². The summed E-state index contributed by atoms with van der Waals surface area (Å²) in [6.45, 7) is 0.811. The first-order valence-corrected chi connectivity index (χ1v) is 5.85. The van der Waals surface area contributed by atoms with E-state index < -0.39 is 0 Å². The minimum atomic E-state index is -0.0479. The van der Waals surface area contributed by atoms with Crippen LogP contribution in [0.3, 0.4) is 0 Å². The molecule has 0 aromatic heterocycles. The van der Waals surface area contributed by atoms with Crippen LogP contribution in [0.2, 0.25) is 0 Å². The summed E-state index contributed by atoms with van der Waals surface area (Å²) >= 11 is 0. The minimum Gasteiger partial charge on any atom is -0.345 e. The Balaban J connectivity index is 2.18. The summed E-state index contributed by atoms with van der Waals surface area (Å²) in [7, 11) is 1.79. The smallest absolute Gasteiger partial charge is 0.236 e. The highest BCUT2D eigenvalue weighted by atomic mass is 16.2. The fourth-order valence-corrected chi connectivity index (χ4v) is 2.18. The Bertz CT molecular complexity index is 238. The molecule has 0 N–H and O–H groups in total. The Morgan fingerprint density at radius 2 is 2.07 bits per heavy atom. The number of carbonyl (C=O) groups is 1. The van der Waals surface area contributed by atoms with E-state index in [-0.39, 0.29) is 12.3 Å². The van der Waals surface area contributed by atoms with Crippen LogP contribution >= 0.6 is 0 Å². The summed E-state index contributed by atoms with van der Waals surface area (Å²) < 4.78 is 0. The predicted molar refractivity (Wildman–Crippen MR) is 59.1 cm³/mol. The Kier molecular flexibility index (Phi) is 5.17. The summed E-state index contributed by atoms with van der Waals surface area (Å²) in [4.78, 5) is 13.0. The van der Waals surface area contributed by atoms with E-state index in [0.717, 1.165) is 18.9 Å². The zero-order chi connectivity index (χ0) is 11.1. The fourth-order valence-electron chi connectivity index (χ4n) is 2.18. The molecule has 15 heavy (non-hydrogen) atoms. The molecule has 0 heterocycles. The van der Waals surface area contributed by atoms with Crippen molar-refractivity contribution in [3.63, 3.8) is 0 Å². The average molecular weight is 208 g/mol. The van der Waals surface area contributed by atoms with Gasteiger partial charge in [-0.15, -0.1) is 0 Å². The maximum atomic E-state index is 11.3. The van der Waals surface area contributed by atoms with E-state index in [4.69, 9.17) is 5.26 Å². The summed E-state index contributed by atoms with van der Waals surface area (Å²) in [6.07, 6.45) is 7.83. The summed E-state index contributed by atoms with van der Waals surface area (Å²) in [6, 6.07) is 1.90. The van der Waals surface area contributed by atoms with Gasteiger partial charge in [-0.2, -0.15) is 5.26 Å². The number of amides is 1. The van der Waals surface area contributed by atoms with E-state index in [0.29, 0.717) is 0 Å². The lowest BCUT2D eigenvalue weighted by molar-refractivity contribution is -0.129. The van der Waals surface area contributed by atoms with Crippen molar-refractivity contribution >= 4 is 5.91 Å². The average Bonchev–Trinajstić information content (AvgIpc) is 2.27. The molecule has 0 aromatic rings. The molecule has 84 valence electrons. The monoisotopic (exact) mass is 208 g/mol. The maximum absolute atomic E-state index is 11.3. The van der Waals surface area contributed by atoms with Crippen LogP contribution in [-0.2, 0) is 4.79 Å². The second-order valence-corrected chi connectivity index (χ2v) is 4.44. The Morgan fingerprint density at radius 3 is 2.67 bits per heavy atom. The molecular weight excluding hydrogens is 188 g/mol. The standard InChI is InChI=1S/C12H20N2O/c1-14(12(15)7-9-13)10-8-11-5-3-2-4-6-11/h11H,2-8,10H2,1H3. The van der Waals surface area contributed by atoms with Gasteiger partial charge in [0.15, 0.2) is 0 Å². The van der Waals surface area contributed by atoms with E-state index in [1.807, 2.05) is 6.07 Å². The van der Waals surface area contributed by atoms with Crippen LogP contribution < -0.4 is 0 Å². The molecule has 0 bridgehead atoms. The van der Waals surface area contributed by atoms with Gasteiger partial charge in [0, 0.05) is 13.6 Å². The van der Waals surface area contributed by atoms with E-state index in [1.54, 1.807) is 11.9 Å². The zero-order valence-corrected chi connectivity index (χ0v) is 9.54. The van der Waals surface area contributed by atoms with Gasteiger partial charge in [0.25, 0.3) is 0 Å². The van der Waals surface area contributed by atoms with Gasteiger partial charge < -0.3 is 4.90 Å². The lowest BCUT2D eigenvalue weighted by atomic mass is 9.87. The van der Waals surface area contributed by atoms with Gasteiger partial charge in [-0.3, -0.25) is 4.79 Å². The SMILES string of the molecule is CN(CCC1CCCCC1)C(=O)CC#N. The molecule has 0 saturated heterocycles. The van der Waals surface area contributed by atoms with Crippen LogP contribution in [0.4, 0.5) is 0 Å². The van der Waals surface area contributed by atoms with Crippen LogP contribution in [-0.4, -0.2) is 24.4 Å². The molecule has 1 amide bonds. The largest absolute Gasteiger partial charge is 0.345 e. The van der Waals surface area contributed by atoms with Crippen molar-refractivity contribution in [2.24, 2.45) is 5.92 Å². The molecule has 0 aliphatic heterocycles. The number of nitrogens with zero attached hydrogens (tertiary/aromatic N) is 2. The molecular formula is C12H20N2O. The highest BCUT2D eigenvalue weighted by Gasteiger charge is 2.15.